The molecule has 1 aromatic heterocycles. The lowest BCUT2D eigenvalue weighted by Crippen LogP contribution is -2.46. The average molecular weight is 278 g/mol. The van der Waals surface area contributed by atoms with Crippen molar-refractivity contribution in [2.24, 2.45) is 5.84 Å². The summed E-state index contributed by atoms with van der Waals surface area (Å²) in [5.41, 5.74) is 2.81. The Morgan fingerprint density at radius 2 is 2.18 bits per heavy atom. The highest BCUT2D eigenvalue weighted by atomic mass is 35.5. The second-order valence-corrected chi connectivity index (χ2v) is 5.16. The molecule has 1 heterocycles. The van der Waals surface area contributed by atoms with Crippen molar-refractivity contribution in [3.63, 3.8) is 0 Å². The van der Waals surface area contributed by atoms with E-state index in [0.717, 1.165) is 10.2 Å². The minimum atomic E-state index is -3.40. The van der Waals surface area contributed by atoms with E-state index in [2.05, 4.69) is 4.98 Å². The molecule has 17 heavy (non-hydrogen) atoms. The number of thiazole rings is 1. The molecule has 0 bridgehead atoms. The van der Waals surface area contributed by atoms with E-state index in [9.17, 15) is 8.78 Å². The van der Waals surface area contributed by atoms with Crippen molar-refractivity contribution < 1.29 is 8.78 Å². The van der Waals surface area contributed by atoms with E-state index in [0.29, 0.717) is 5.01 Å². The molecular formula is C10H10ClF2N3S. The van der Waals surface area contributed by atoms with Gasteiger partial charge in [0.05, 0.1) is 15.2 Å². The first-order valence-electron chi connectivity index (χ1n) is 4.88. The number of aromatic nitrogens is 1. The summed E-state index contributed by atoms with van der Waals surface area (Å²) in [5.74, 6) is 5.06. The zero-order chi connectivity index (χ0) is 12.5. The molecule has 2 aromatic rings. The summed E-state index contributed by atoms with van der Waals surface area (Å²) < 4.78 is 26.8. The van der Waals surface area contributed by atoms with Gasteiger partial charge in [-0.3, -0.25) is 5.84 Å². The Morgan fingerprint density at radius 3 is 2.76 bits per heavy atom. The molecule has 2 rings (SSSR count). The van der Waals surface area contributed by atoms with E-state index in [1.165, 1.54) is 11.3 Å². The molecular weight excluding hydrogens is 268 g/mol. The summed E-state index contributed by atoms with van der Waals surface area (Å²) in [5, 5.41) is -2.82. The highest BCUT2D eigenvalue weighted by Gasteiger charge is 2.37. The van der Waals surface area contributed by atoms with Crippen LogP contribution in [0.5, 0.6) is 0 Å². The van der Waals surface area contributed by atoms with Crippen LogP contribution in [0.15, 0.2) is 24.3 Å². The fraction of sp³-hybridized carbons (Fsp3) is 0.300. The van der Waals surface area contributed by atoms with Crippen LogP contribution in [0.2, 0.25) is 0 Å². The summed E-state index contributed by atoms with van der Waals surface area (Å²) in [6.45, 7) is 0. The Balaban J connectivity index is 2.23. The summed E-state index contributed by atoms with van der Waals surface area (Å²) in [6, 6.07) is 6.11. The summed E-state index contributed by atoms with van der Waals surface area (Å²) in [7, 11) is 0. The first kappa shape index (κ1) is 12.6. The van der Waals surface area contributed by atoms with Crippen LogP contribution < -0.4 is 11.3 Å². The Hall–Kier alpha value is -0.820. The van der Waals surface area contributed by atoms with Gasteiger partial charge in [0.25, 0.3) is 0 Å². The van der Waals surface area contributed by atoms with Crippen molar-refractivity contribution in [2.45, 2.75) is 17.8 Å². The molecule has 0 aliphatic heterocycles. The standard InChI is InChI=1S/C10H10ClF2N3S/c11-10(12,13)8(16-14)5-9-15-6-3-1-2-4-7(6)17-9/h1-4,8,16H,5,14H2. The van der Waals surface area contributed by atoms with Gasteiger partial charge in [-0.2, -0.15) is 8.78 Å². The number of hydrogen-bond donors (Lipinski definition) is 2. The number of nitrogens with one attached hydrogen (secondary N) is 1. The lowest BCUT2D eigenvalue weighted by Gasteiger charge is -2.19. The maximum atomic E-state index is 12.9. The topological polar surface area (TPSA) is 50.9 Å². The molecule has 0 aliphatic rings. The van der Waals surface area contributed by atoms with Crippen LogP contribution in [0.4, 0.5) is 8.78 Å². The third-order valence-electron chi connectivity index (χ3n) is 2.31. The zero-order valence-electron chi connectivity index (χ0n) is 8.66. The minimum absolute atomic E-state index is 0.00759. The second-order valence-electron chi connectivity index (χ2n) is 3.54. The van der Waals surface area contributed by atoms with E-state index in [4.69, 9.17) is 17.4 Å². The second kappa shape index (κ2) is 4.81. The predicted molar refractivity (Wildman–Crippen MR) is 65.2 cm³/mol. The third-order valence-corrected chi connectivity index (χ3v) is 3.64. The van der Waals surface area contributed by atoms with Crippen LogP contribution in [0.25, 0.3) is 10.2 Å². The highest BCUT2D eigenvalue weighted by Crippen LogP contribution is 2.28. The van der Waals surface area contributed by atoms with Crippen molar-refractivity contribution in [1.29, 1.82) is 0 Å². The fourth-order valence-corrected chi connectivity index (χ4v) is 2.60. The number of para-hydroxylation sites is 1. The van der Waals surface area contributed by atoms with Gasteiger partial charge < -0.3 is 0 Å². The van der Waals surface area contributed by atoms with E-state index < -0.39 is 11.4 Å². The smallest absolute Gasteiger partial charge is 0.271 e. The number of rotatable bonds is 4. The van der Waals surface area contributed by atoms with Gasteiger partial charge in [-0.05, 0) is 23.7 Å². The van der Waals surface area contributed by atoms with Crippen LogP contribution in [0, 0.1) is 0 Å². The summed E-state index contributed by atoms with van der Waals surface area (Å²) in [6.07, 6.45) is -0.00759. The number of benzene rings is 1. The largest absolute Gasteiger partial charge is 0.338 e. The molecule has 3 N–H and O–H groups in total. The maximum Gasteiger partial charge on any atom is 0.338 e. The first-order chi connectivity index (χ1) is 8.00. The van der Waals surface area contributed by atoms with Gasteiger partial charge in [0.1, 0.15) is 6.04 Å². The fourth-order valence-electron chi connectivity index (χ4n) is 1.45. The maximum absolute atomic E-state index is 12.9. The lowest BCUT2D eigenvalue weighted by molar-refractivity contribution is 0.0502. The number of fused-ring (bicyclic) bond motifs is 1. The van der Waals surface area contributed by atoms with Gasteiger partial charge in [0.15, 0.2) is 0 Å². The molecule has 0 radical (unpaired) electrons. The van der Waals surface area contributed by atoms with Gasteiger partial charge in [-0.15, -0.1) is 11.3 Å². The molecule has 0 aliphatic carbocycles. The number of hydrogen-bond acceptors (Lipinski definition) is 4. The first-order valence-corrected chi connectivity index (χ1v) is 6.07. The van der Waals surface area contributed by atoms with Crippen LogP contribution >= 0.6 is 22.9 Å². The molecule has 0 saturated heterocycles. The third kappa shape index (κ3) is 2.90. The molecule has 1 unspecified atom stereocenters. The number of hydrazine groups is 1. The van der Waals surface area contributed by atoms with Gasteiger partial charge in [-0.25, -0.2) is 10.4 Å². The van der Waals surface area contributed by atoms with E-state index in [1.54, 1.807) is 0 Å². The Bertz CT molecular complexity index is 478. The molecule has 0 amide bonds. The van der Waals surface area contributed by atoms with Gasteiger partial charge >= 0.3 is 5.38 Å². The molecule has 92 valence electrons. The van der Waals surface area contributed by atoms with E-state index >= 15 is 0 Å². The predicted octanol–water partition coefficient (Wildman–Crippen LogP) is 2.50. The Labute approximate surface area is 106 Å². The zero-order valence-corrected chi connectivity index (χ0v) is 10.2. The molecule has 0 fully saturated rings. The van der Waals surface area contributed by atoms with Crippen molar-refractivity contribution >= 4 is 33.2 Å². The normalized spacial score (nSPS) is 14.1. The van der Waals surface area contributed by atoms with Gasteiger partial charge in [0.2, 0.25) is 0 Å². The number of nitrogens with two attached hydrogens (primary N) is 1. The van der Waals surface area contributed by atoms with Crippen LogP contribution in [-0.2, 0) is 6.42 Å². The SMILES string of the molecule is NNC(Cc1nc2ccccc2s1)C(F)(F)Cl. The minimum Gasteiger partial charge on any atom is -0.271 e. The lowest BCUT2D eigenvalue weighted by atomic mass is 10.2. The summed E-state index contributed by atoms with van der Waals surface area (Å²) >= 11 is 6.31. The van der Waals surface area contributed by atoms with Crippen molar-refractivity contribution in [3.8, 4) is 0 Å². The van der Waals surface area contributed by atoms with Crippen LogP contribution in [0.3, 0.4) is 0 Å². The number of nitrogens with zero attached hydrogens (tertiary/aromatic N) is 1. The van der Waals surface area contributed by atoms with Crippen molar-refractivity contribution in [3.05, 3.63) is 29.3 Å². The molecule has 1 aromatic carbocycles. The van der Waals surface area contributed by atoms with E-state index in [-0.39, 0.29) is 6.42 Å². The monoisotopic (exact) mass is 277 g/mol. The van der Waals surface area contributed by atoms with Crippen LogP contribution in [-0.4, -0.2) is 16.4 Å². The molecule has 1 atom stereocenters. The van der Waals surface area contributed by atoms with Crippen LogP contribution in [0.1, 0.15) is 5.01 Å². The molecule has 0 saturated carbocycles. The van der Waals surface area contributed by atoms with Gasteiger partial charge in [-0.1, -0.05) is 12.1 Å². The quantitative estimate of drug-likeness (QED) is 0.513. The van der Waals surface area contributed by atoms with Crippen molar-refractivity contribution in [1.82, 2.24) is 10.4 Å². The molecule has 0 spiro atoms. The molecule has 3 nitrogen and oxygen atoms in total. The number of halogens is 3. The van der Waals surface area contributed by atoms with E-state index in [1.807, 2.05) is 29.7 Å². The average Bonchev–Trinajstić information content (AvgIpc) is 2.66. The highest BCUT2D eigenvalue weighted by molar-refractivity contribution is 7.18. The Morgan fingerprint density at radius 1 is 1.47 bits per heavy atom. The Kier molecular flexibility index (Phi) is 3.58. The summed E-state index contributed by atoms with van der Waals surface area (Å²) in [4.78, 5) is 4.24. The number of alkyl halides is 3. The van der Waals surface area contributed by atoms with Crippen molar-refractivity contribution in [2.75, 3.05) is 0 Å². The van der Waals surface area contributed by atoms with Gasteiger partial charge in [0, 0.05) is 6.42 Å². The molecule has 7 heteroatoms.